The largest absolute Gasteiger partial charge is 0.397 e. The van der Waals surface area contributed by atoms with Gasteiger partial charge in [-0.2, -0.15) is 0 Å². The zero-order valence-electron chi connectivity index (χ0n) is 12.8. The maximum Gasteiger partial charge on any atom is 0.240 e. The van der Waals surface area contributed by atoms with E-state index in [4.69, 9.17) is 10.5 Å². The summed E-state index contributed by atoms with van der Waals surface area (Å²) in [4.78, 5) is 0.154. The lowest BCUT2D eigenvalue weighted by atomic mass is 10.1. The summed E-state index contributed by atoms with van der Waals surface area (Å²) in [5, 5.41) is 3.13. The molecule has 1 aromatic carbocycles. The van der Waals surface area contributed by atoms with Gasteiger partial charge in [-0.3, -0.25) is 0 Å². The van der Waals surface area contributed by atoms with Crippen molar-refractivity contribution in [3.63, 3.8) is 0 Å². The van der Waals surface area contributed by atoms with Crippen LogP contribution in [0.3, 0.4) is 0 Å². The highest BCUT2D eigenvalue weighted by molar-refractivity contribution is 7.89. The highest BCUT2D eigenvalue weighted by atomic mass is 32.2. The van der Waals surface area contributed by atoms with E-state index in [0.29, 0.717) is 30.4 Å². The van der Waals surface area contributed by atoms with Crippen LogP contribution in [0.1, 0.15) is 20.3 Å². The summed E-state index contributed by atoms with van der Waals surface area (Å²) >= 11 is 0. The third kappa shape index (κ3) is 5.91. The fraction of sp³-hybridized carbons (Fsp3) is 0.571. The molecule has 120 valence electrons. The standard InChI is InChI=1S/C14H25N3O3S/c1-11(2)6-8-20-9-7-17-14-5-4-12(10-13(14)15)21(18,19)16-3/h4-5,10-11,16-17H,6-9,15H2,1-3H3. The van der Waals surface area contributed by atoms with Crippen LogP contribution in [0.2, 0.25) is 0 Å². The number of nitrogens with two attached hydrogens (primary N) is 1. The Bertz CT molecular complexity index is 544. The highest BCUT2D eigenvalue weighted by Crippen LogP contribution is 2.22. The Balaban J connectivity index is 2.47. The molecule has 1 aromatic rings. The molecule has 0 amide bonds. The van der Waals surface area contributed by atoms with Gasteiger partial charge in [-0.25, -0.2) is 13.1 Å². The monoisotopic (exact) mass is 315 g/mol. The van der Waals surface area contributed by atoms with Gasteiger partial charge >= 0.3 is 0 Å². The Hall–Kier alpha value is -1.31. The smallest absolute Gasteiger partial charge is 0.240 e. The summed E-state index contributed by atoms with van der Waals surface area (Å²) in [6.45, 7) is 6.27. The summed E-state index contributed by atoms with van der Waals surface area (Å²) < 4.78 is 31.0. The summed E-state index contributed by atoms with van der Waals surface area (Å²) in [5.74, 6) is 0.635. The highest BCUT2D eigenvalue weighted by Gasteiger charge is 2.12. The molecule has 4 N–H and O–H groups in total. The van der Waals surface area contributed by atoms with Crippen LogP contribution in [-0.2, 0) is 14.8 Å². The molecule has 0 heterocycles. The van der Waals surface area contributed by atoms with E-state index in [2.05, 4.69) is 23.9 Å². The van der Waals surface area contributed by atoms with Crippen molar-refractivity contribution in [2.24, 2.45) is 5.92 Å². The lowest BCUT2D eigenvalue weighted by Crippen LogP contribution is -2.19. The van der Waals surface area contributed by atoms with Crippen LogP contribution in [0.4, 0.5) is 11.4 Å². The van der Waals surface area contributed by atoms with Crippen LogP contribution in [0.25, 0.3) is 0 Å². The van der Waals surface area contributed by atoms with Crippen LogP contribution >= 0.6 is 0 Å². The van der Waals surface area contributed by atoms with Crippen molar-refractivity contribution in [2.75, 3.05) is 37.9 Å². The minimum absolute atomic E-state index is 0.154. The molecule has 0 aliphatic heterocycles. The number of anilines is 2. The maximum atomic E-state index is 11.6. The Labute approximate surface area is 127 Å². The molecule has 0 aromatic heterocycles. The molecule has 0 atom stereocenters. The van der Waals surface area contributed by atoms with Gasteiger partial charge in [0, 0.05) is 13.2 Å². The molecular formula is C14H25N3O3S. The van der Waals surface area contributed by atoms with Crippen molar-refractivity contribution in [1.29, 1.82) is 0 Å². The fourth-order valence-electron chi connectivity index (χ4n) is 1.67. The predicted molar refractivity (Wildman–Crippen MR) is 85.9 cm³/mol. The second kappa shape index (κ2) is 8.21. The van der Waals surface area contributed by atoms with Crippen molar-refractivity contribution >= 4 is 21.4 Å². The van der Waals surface area contributed by atoms with Gasteiger partial charge in [-0.1, -0.05) is 13.8 Å². The first kappa shape index (κ1) is 17.7. The van der Waals surface area contributed by atoms with Crippen LogP contribution in [0, 0.1) is 5.92 Å². The van der Waals surface area contributed by atoms with Crippen LogP contribution in [-0.4, -0.2) is 35.2 Å². The van der Waals surface area contributed by atoms with E-state index in [-0.39, 0.29) is 4.90 Å². The number of hydrogen-bond donors (Lipinski definition) is 3. The Morgan fingerprint density at radius 2 is 2.00 bits per heavy atom. The van der Waals surface area contributed by atoms with E-state index in [0.717, 1.165) is 13.0 Å². The average molecular weight is 315 g/mol. The Morgan fingerprint density at radius 1 is 1.29 bits per heavy atom. The third-order valence-corrected chi connectivity index (χ3v) is 4.42. The molecular weight excluding hydrogens is 290 g/mol. The number of hydrogen-bond acceptors (Lipinski definition) is 5. The van der Waals surface area contributed by atoms with Gasteiger partial charge < -0.3 is 15.8 Å². The maximum absolute atomic E-state index is 11.6. The summed E-state index contributed by atoms with van der Waals surface area (Å²) in [5.41, 5.74) is 6.96. The van der Waals surface area contributed by atoms with Crippen molar-refractivity contribution in [1.82, 2.24) is 4.72 Å². The van der Waals surface area contributed by atoms with E-state index < -0.39 is 10.0 Å². The van der Waals surface area contributed by atoms with Crippen molar-refractivity contribution in [3.05, 3.63) is 18.2 Å². The van der Waals surface area contributed by atoms with E-state index in [9.17, 15) is 8.42 Å². The molecule has 0 spiro atoms. The molecule has 0 radical (unpaired) electrons. The molecule has 0 aliphatic carbocycles. The van der Waals surface area contributed by atoms with E-state index in [1.165, 1.54) is 19.2 Å². The number of rotatable bonds is 9. The van der Waals surface area contributed by atoms with Gasteiger partial charge in [-0.15, -0.1) is 0 Å². The van der Waals surface area contributed by atoms with Crippen LogP contribution in [0.15, 0.2) is 23.1 Å². The normalized spacial score (nSPS) is 11.8. The van der Waals surface area contributed by atoms with Crippen LogP contribution in [0.5, 0.6) is 0 Å². The SMILES string of the molecule is CNS(=O)(=O)c1ccc(NCCOCCC(C)C)c(N)c1. The van der Waals surface area contributed by atoms with E-state index >= 15 is 0 Å². The molecule has 1 rings (SSSR count). The molecule has 0 saturated carbocycles. The van der Waals surface area contributed by atoms with E-state index in [1.54, 1.807) is 6.07 Å². The minimum atomic E-state index is -3.46. The molecule has 0 aliphatic rings. The van der Waals surface area contributed by atoms with Crippen LogP contribution < -0.4 is 15.8 Å². The predicted octanol–water partition coefficient (Wildman–Crippen LogP) is 1.65. The lowest BCUT2D eigenvalue weighted by molar-refractivity contribution is 0.132. The first-order chi connectivity index (χ1) is 9.86. The molecule has 7 heteroatoms. The molecule has 6 nitrogen and oxygen atoms in total. The molecule has 0 fully saturated rings. The number of sulfonamides is 1. The molecule has 0 saturated heterocycles. The quantitative estimate of drug-likeness (QED) is 0.476. The summed E-state index contributed by atoms with van der Waals surface area (Å²) in [7, 11) is -2.09. The molecule has 0 unspecified atom stereocenters. The van der Waals surface area contributed by atoms with Gasteiger partial charge in [0.2, 0.25) is 10.0 Å². The Kier molecular flexibility index (Phi) is 6.94. The summed E-state index contributed by atoms with van der Waals surface area (Å²) in [6.07, 6.45) is 1.04. The van der Waals surface area contributed by atoms with Gasteiger partial charge in [0.05, 0.1) is 22.9 Å². The zero-order valence-corrected chi connectivity index (χ0v) is 13.7. The van der Waals surface area contributed by atoms with E-state index in [1.807, 2.05) is 0 Å². The second-order valence-electron chi connectivity index (χ2n) is 5.18. The van der Waals surface area contributed by atoms with Gasteiger partial charge in [0.15, 0.2) is 0 Å². The minimum Gasteiger partial charge on any atom is -0.397 e. The molecule has 0 bridgehead atoms. The fourth-order valence-corrected chi connectivity index (χ4v) is 2.43. The van der Waals surface area contributed by atoms with Gasteiger partial charge in [-0.05, 0) is 37.6 Å². The lowest BCUT2D eigenvalue weighted by Gasteiger charge is -2.12. The number of nitrogen functional groups attached to an aromatic ring is 1. The average Bonchev–Trinajstić information content (AvgIpc) is 2.43. The van der Waals surface area contributed by atoms with Crippen molar-refractivity contribution < 1.29 is 13.2 Å². The topological polar surface area (TPSA) is 93.5 Å². The molecule has 21 heavy (non-hydrogen) atoms. The van der Waals surface area contributed by atoms with Crippen molar-refractivity contribution in [2.45, 2.75) is 25.2 Å². The van der Waals surface area contributed by atoms with Gasteiger partial charge in [0.1, 0.15) is 0 Å². The second-order valence-corrected chi connectivity index (χ2v) is 7.06. The summed E-state index contributed by atoms with van der Waals surface area (Å²) in [6, 6.07) is 4.62. The first-order valence-corrected chi connectivity index (χ1v) is 8.50. The first-order valence-electron chi connectivity index (χ1n) is 7.01. The number of nitrogens with one attached hydrogen (secondary N) is 2. The Morgan fingerprint density at radius 3 is 2.57 bits per heavy atom. The number of ether oxygens (including phenoxy) is 1. The van der Waals surface area contributed by atoms with Gasteiger partial charge in [0.25, 0.3) is 0 Å². The zero-order chi connectivity index (χ0) is 15.9. The third-order valence-electron chi connectivity index (χ3n) is 3.00. The van der Waals surface area contributed by atoms with Crippen molar-refractivity contribution in [3.8, 4) is 0 Å². The number of benzene rings is 1.